The predicted octanol–water partition coefficient (Wildman–Crippen LogP) is 5.92. The van der Waals surface area contributed by atoms with Crippen molar-refractivity contribution in [1.82, 2.24) is 10.1 Å². The van der Waals surface area contributed by atoms with Crippen LogP contribution >= 0.6 is 15.9 Å². The lowest BCUT2D eigenvalue weighted by Gasteiger charge is -2.52. The molecule has 1 aromatic heterocycles. The Morgan fingerprint density at radius 1 is 1.05 bits per heavy atom. The summed E-state index contributed by atoms with van der Waals surface area (Å²) in [5.74, 6) is -2.77. The van der Waals surface area contributed by atoms with E-state index in [-0.39, 0.29) is 29.8 Å². The molecule has 0 aliphatic heterocycles. The molecule has 5 atom stereocenters. The first-order chi connectivity index (χ1) is 20.7. The maximum Gasteiger partial charge on any atom is 0.265 e. The average Bonchev–Trinajstić information content (AvgIpc) is 3.41. The van der Waals surface area contributed by atoms with E-state index in [1.54, 1.807) is 0 Å². The molecule has 4 aromatic rings. The van der Waals surface area contributed by atoms with Crippen LogP contribution < -0.4 is 4.74 Å². The van der Waals surface area contributed by atoms with Crippen LogP contribution in [-0.4, -0.2) is 54.2 Å². The van der Waals surface area contributed by atoms with Crippen LogP contribution in [0.1, 0.15) is 55.6 Å². The molecule has 43 heavy (non-hydrogen) atoms. The van der Waals surface area contributed by atoms with Gasteiger partial charge in [0.1, 0.15) is 12.2 Å². The van der Waals surface area contributed by atoms with E-state index in [1.807, 2.05) is 74.4 Å². The average molecular weight is 644 g/mol. The van der Waals surface area contributed by atoms with Gasteiger partial charge in [-0.05, 0) is 84.5 Å². The lowest BCUT2D eigenvalue weighted by molar-refractivity contribution is -0.159. The van der Waals surface area contributed by atoms with E-state index in [0.29, 0.717) is 24.2 Å². The highest BCUT2D eigenvalue weighted by Crippen LogP contribution is 2.56. The number of methoxy groups -OCH3 is 1. The van der Waals surface area contributed by atoms with Gasteiger partial charge in [-0.15, -0.1) is 0 Å². The maximum absolute atomic E-state index is 14.7. The third-order valence-electron chi connectivity index (χ3n) is 9.68. The van der Waals surface area contributed by atoms with Crippen LogP contribution in [0.25, 0.3) is 10.8 Å². The molecule has 5 unspecified atom stereocenters. The van der Waals surface area contributed by atoms with Crippen molar-refractivity contribution >= 4 is 44.1 Å². The molecule has 3 aliphatic carbocycles. The molecule has 1 fully saturated rings. The molecule has 3 aromatic carbocycles. The monoisotopic (exact) mass is 642 g/mol. The number of ketones is 3. The Morgan fingerprint density at radius 3 is 2.53 bits per heavy atom. The zero-order valence-electron chi connectivity index (χ0n) is 24.3. The van der Waals surface area contributed by atoms with Gasteiger partial charge < -0.3 is 14.0 Å². The lowest BCUT2D eigenvalue weighted by atomic mass is 9.54. The Morgan fingerprint density at radius 2 is 1.81 bits per heavy atom. The lowest BCUT2D eigenvalue weighted by Crippen LogP contribution is -2.67. The first kappa shape index (κ1) is 28.1. The molecule has 3 aliphatic rings. The molecule has 0 radical (unpaired) electrons. The number of carbonyl (C=O) groups excluding carboxylic acids is 3. The minimum atomic E-state index is -1.87. The molecule has 0 N–H and O–H groups in total. The van der Waals surface area contributed by atoms with Gasteiger partial charge in [-0.25, -0.2) is 0 Å². The second-order valence-electron chi connectivity index (χ2n) is 12.1. The normalized spacial score (nSPS) is 26.2. The highest BCUT2D eigenvalue weighted by molar-refractivity contribution is 9.10. The highest BCUT2D eigenvalue weighted by Gasteiger charge is 2.68. The van der Waals surface area contributed by atoms with E-state index in [2.05, 4.69) is 27.2 Å². The number of hydrogen-bond donors (Lipinski definition) is 0. The van der Waals surface area contributed by atoms with Crippen molar-refractivity contribution in [2.45, 2.75) is 38.0 Å². The fraction of sp³-hybridized carbons (Fsp3) is 0.353. The van der Waals surface area contributed by atoms with Gasteiger partial charge in [0, 0.05) is 23.1 Å². The van der Waals surface area contributed by atoms with Crippen molar-refractivity contribution < 1.29 is 28.4 Å². The molecule has 1 saturated carbocycles. The van der Waals surface area contributed by atoms with Crippen LogP contribution in [0.2, 0.25) is 0 Å². The number of Topliss-reactive ketones (excluding diaryl/α,β-unsaturated/α-hetero) is 3. The van der Waals surface area contributed by atoms with Gasteiger partial charge >= 0.3 is 0 Å². The van der Waals surface area contributed by atoms with E-state index >= 15 is 0 Å². The number of carbonyl (C=O) groups is 3. The van der Waals surface area contributed by atoms with Crippen molar-refractivity contribution in [3.8, 4) is 5.88 Å². The van der Waals surface area contributed by atoms with E-state index in [0.717, 1.165) is 31.9 Å². The summed E-state index contributed by atoms with van der Waals surface area (Å²) >= 11 is 3.66. The van der Waals surface area contributed by atoms with Gasteiger partial charge in [-0.1, -0.05) is 58.4 Å². The number of ether oxygens (including phenoxy) is 2. The number of hydrogen-bond acceptors (Lipinski definition) is 8. The standard InChI is InChI=1S/C34H31BrN2O6/c1-17-21-11-8-12-24(35)22(21)14-19-13-20-15-23-28(37(2)3)30-27(33(36-43-30)42-16-18-9-6-5-7-10-18)32(40)34(23,41-4)31(39)26(20)29(38)25(17)19/h5-12,14,20,23,26,28H,13,15-16H2,1-4H3. The second-order valence-corrected chi connectivity index (χ2v) is 12.9. The fourth-order valence-electron chi connectivity index (χ4n) is 7.83. The quantitative estimate of drug-likeness (QED) is 0.247. The minimum Gasteiger partial charge on any atom is -0.470 e. The molecule has 7 rings (SSSR count). The van der Waals surface area contributed by atoms with Gasteiger partial charge in [0.05, 0.1) is 12.0 Å². The molecule has 0 spiro atoms. The smallest absolute Gasteiger partial charge is 0.265 e. The van der Waals surface area contributed by atoms with E-state index in [4.69, 9.17) is 14.0 Å². The van der Waals surface area contributed by atoms with Crippen LogP contribution in [0.3, 0.4) is 0 Å². The zero-order chi connectivity index (χ0) is 30.2. The molecule has 0 amide bonds. The number of aromatic nitrogens is 1. The Kier molecular flexibility index (Phi) is 6.68. The third-order valence-corrected chi connectivity index (χ3v) is 10.4. The van der Waals surface area contributed by atoms with Gasteiger partial charge in [-0.3, -0.25) is 19.3 Å². The topological polar surface area (TPSA) is 98.9 Å². The van der Waals surface area contributed by atoms with E-state index < -0.39 is 35.0 Å². The molecule has 0 bridgehead atoms. The summed E-state index contributed by atoms with van der Waals surface area (Å²) in [5.41, 5.74) is 1.48. The summed E-state index contributed by atoms with van der Waals surface area (Å²) in [4.78, 5) is 45.5. The van der Waals surface area contributed by atoms with E-state index in [1.165, 1.54) is 7.11 Å². The summed E-state index contributed by atoms with van der Waals surface area (Å²) in [5, 5.41) is 6.14. The first-order valence-electron chi connectivity index (χ1n) is 14.4. The zero-order valence-corrected chi connectivity index (χ0v) is 25.9. The van der Waals surface area contributed by atoms with Gasteiger partial charge in [0.2, 0.25) is 5.78 Å². The van der Waals surface area contributed by atoms with Crippen LogP contribution in [0.5, 0.6) is 5.88 Å². The highest BCUT2D eigenvalue weighted by atomic mass is 79.9. The molecule has 9 heteroatoms. The van der Waals surface area contributed by atoms with Crippen molar-refractivity contribution in [2.75, 3.05) is 21.2 Å². The summed E-state index contributed by atoms with van der Waals surface area (Å²) in [6.45, 7) is 2.10. The predicted molar refractivity (Wildman–Crippen MR) is 162 cm³/mol. The molecular formula is C34H31BrN2O6. The van der Waals surface area contributed by atoms with Crippen LogP contribution in [0.4, 0.5) is 0 Å². The third kappa shape index (κ3) is 3.94. The van der Waals surface area contributed by atoms with E-state index in [9.17, 15) is 14.4 Å². The molecular weight excluding hydrogens is 612 g/mol. The number of halogens is 1. The Bertz CT molecular complexity index is 1810. The molecule has 1 heterocycles. The van der Waals surface area contributed by atoms with Crippen LogP contribution in [-0.2, 0) is 22.6 Å². The fourth-order valence-corrected chi connectivity index (χ4v) is 8.31. The Labute approximate surface area is 257 Å². The second kappa shape index (κ2) is 10.2. The number of fused-ring (bicyclic) bond motifs is 5. The van der Waals surface area contributed by atoms with Gasteiger partial charge in [0.25, 0.3) is 5.88 Å². The summed E-state index contributed by atoms with van der Waals surface area (Å²) in [6.07, 6.45) is 0.979. The summed E-state index contributed by atoms with van der Waals surface area (Å²) < 4.78 is 18.8. The largest absolute Gasteiger partial charge is 0.470 e. The number of benzene rings is 3. The maximum atomic E-state index is 14.7. The number of aryl methyl sites for hydroxylation is 1. The first-order valence-corrected chi connectivity index (χ1v) is 15.2. The minimum absolute atomic E-state index is 0.0220. The van der Waals surface area contributed by atoms with Crippen LogP contribution in [0, 0.1) is 24.7 Å². The van der Waals surface area contributed by atoms with Crippen molar-refractivity contribution in [3.63, 3.8) is 0 Å². The molecule has 0 saturated heterocycles. The van der Waals surface area contributed by atoms with Crippen molar-refractivity contribution in [3.05, 3.63) is 92.6 Å². The summed E-state index contributed by atoms with van der Waals surface area (Å²) in [6, 6.07) is 17.0. The van der Waals surface area contributed by atoms with Gasteiger partial charge in [0.15, 0.2) is 22.9 Å². The number of rotatable bonds is 5. The molecule has 220 valence electrons. The van der Waals surface area contributed by atoms with Crippen LogP contribution in [0.15, 0.2) is 63.6 Å². The number of nitrogens with zero attached hydrogens (tertiary/aromatic N) is 2. The van der Waals surface area contributed by atoms with Crippen molar-refractivity contribution in [2.24, 2.45) is 17.8 Å². The molecule has 8 nitrogen and oxygen atoms in total. The SMILES string of the molecule is COC12C(=O)c3c(OCc4ccccc4)noc3C(N(C)C)C1CC1Cc3cc4c(Br)cccc4c(C)c3C(=O)C1C2=O. The Balaban J connectivity index is 1.34. The summed E-state index contributed by atoms with van der Waals surface area (Å²) in [7, 11) is 5.14. The van der Waals surface area contributed by atoms with Crippen molar-refractivity contribution in [1.29, 1.82) is 0 Å². The Hall–Kier alpha value is -3.66. The van der Waals surface area contributed by atoms with Gasteiger partial charge in [-0.2, -0.15) is 0 Å².